The molecule has 6 bridgehead atoms. The van der Waals surface area contributed by atoms with Crippen molar-refractivity contribution >= 4 is 56.2 Å². The number of carbonyl (C=O) groups excluding carboxylic acids is 1. The first-order chi connectivity index (χ1) is 48.4. The molecular weight excluding hydrogens is 1470 g/mol. The minimum Gasteiger partial charge on any atom is -0.497 e. The Balaban J connectivity index is 0.000000180. The number of carbonyl (C=O) groups is 1. The predicted octanol–water partition coefficient (Wildman–Crippen LogP) is 5.57. The summed E-state index contributed by atoms with van der Waals surface area (Å²) in [5, 5.41) is 2.75. The molecule has 12 atom stereocenters. The van der Waals surface area contributed by atoms with Crippen molar-refractivity contribution in [3.05, 3.63) is 130 Å². The van der Waals surface area contributed by atoms with Gasteiger partial charge in [0.2, 0.25) is 46.0 Å². The molecule has 0 saturated carbocycles. The fourth-order valence-electron chi connectivity index (χ4n) is 15.7. The van der Waals surface area contributed by atoms with E-state index in [0.717, 1.165) is 35.3 Å². The van der Waals surface area contributed by atoms with Crippen LogP contribution in [0.3, 0.4) is 0 Å². The minimum absolute atomic E-state index is 0.00181. The zero-order chi connectivity index (χ0) is 75.3. The van der Waals surface area contributed by atoms with Crippen LogP contribution < -0.4 is 36.7 Å². The van der Waals surface area contributed by atoms with Gasteiger partial charge in [-0.1, -0.05) is 0 Å². The molecule has 0 aliphatic carbocycles. The van der Waals surface area contributed by atoms with E-state index in [-0.39, 0.29) is 138 Å². The Morgan fingerprint density at radius 3 is 1.11 bits per heavy atom. The van der Waals surface area contributed by atoms with Gasteiger partial charge in [0.05, 0.1) is 29.3 Å². The van der Waals surface area contributed by atoms with Crippen LogP contribution in [-0.4, -0.2) is 191 Å². The molecule has 7 aliphatic heterocycles. The van der Waals surface area contributed by atoms with Gasteiger partial charge in [-0.2, -0.15) is 25.6 Å². The summed E-state index contributed by atoms with van der Waals surface area (Å²) < 4.78 is 270. The van der Waals surface area contributed by atoms with E-state index in [4.69, 9.17) is 26.7 Å². The number of nitrogens with one attached hydrogen (secondary N) is 3. The molecule has 37 heteroatoms. The Kier molecular flexibility index (Phi) is 27.4. The van der Waals surface area contributed by atoms with Crippen LogP contribution in [0.15, 0.2) is 65.6 Å². The Labute approximate surface area is 596 Å². The second kappa shape index (κ2) is 34.4. The van der Waals surface area contributed by atoms with Crippen LogP contribution in [0.2, 0.25) is 0 Å². The van der Waals surface area contributed by atoms with E-state index in [1.54, 1.807) is 4.31 Å². The molecule has 4 aromatic rings. The van der Waals surface area contributed by atoms with Crippen molar-refractivity contribution in [3.63, 3.8) is 0 Å². The molecule has 7 saturated heterocycles. The Hall–Kier alpha value is -5.13. The van der Waals surface area contributed by atoms with Crippen LogP contribution in [0.1, 0.15) is 107 Å². The van der Waals surface area contributed by atoms with Gasteiger partial charge in [-0.15, -0.1) is 0 Å². The van der Waals surface area contributed by atoms with Crippen molar-refractivity contribution in [2.24, 2.45) is 40.9 Å². The highest BCUT2D eigenvalue weighted by atomic mass is 32.2. The third-order valence-electron chi connectivity index (χ3n) is 20.9. The number of ether oxygens (including phenoxy) is 2. The molecule has 1 amide bonds. The van der Waals surface area contributed by atoms with Crippen molar-refractivity contribution in [3.8, 4) is 5.75 Å². The fourth-order valence-corrected chi connectivity index (χ4v) is 23.2. The number of amides is 1. The minimum atomic E-state index is -3.89. The maximum Gasteiger partial charge on any atom is 0.278 e. The Morgan fingerprint density at radius 2 is 0.786 bits per heavy atom. The molecule has 0 aromatic heterocycles. The third-order valence-corrected chi connectivity index (χ3v) is 29.8. The van der Waals surface area contributed by atoms with Gasteiger partial charge in [-0.25, -0.2) is 82.6 Å². The number of fused-ring (bicyclic) bond motifs is 6. The number of halogens is 9. The Bertz CT molecular complexity index is 4200. The summed E-state index contributed by atoms with van der Waals surface area (Å²) in [5.74, 6) is -10.7. The van der Waals surface area contributed by atoms with Gasteiger partial charge in [0.15, 0.2) is 34.9 Å². The third kappa shape index (κ3) is 20.4. The molecule has 23 nitrogen and oxygen atoms in total. The number of piperidine rings is 3. The lowest BCUT2D eigenvalue weighted by atomic mass is 9.83. The predicted molar refractivity (Wildman–Crippen MR) is 365 cm³/mol. The van der Waals surface area contributed by atoms with Crippen LogP contribution in [0.4, 0.5) is 39.5 Å². The largest absolute Gasteiger partial charge is 0.497 e. The number of hydrogen-bond acceptors (Lipinski definition) is 16. The van der Waals surface area contributed by atoms with Crippen molar-refractivity contribution < 1.29 is 95.9 Å². The summed E-state index contributed by atoms with van der Waals surface area (Å²) in [5.41, 5.74) is 18.9. The molecule has 0 spiro atoms. The van der Waals surface area contributed by atoms with Crippen molar-refractivity contribution in [1.29, 1.82) is 0 Å². The van der Waals surface area contributed by atoms with E-state index in [1.165, 1.54) is 54.1 Å². The van der Waals surface area contributed by atoms with Crippen LogP contribution in [0.25, 0.3) is 0 Å². The van der Waals surface area contributed by atoms with E-state index in [1.807, 2.05) is 0 Å². The molecule has 576 valence electrons. The van der Waals surface area contributed by atoms with Crippen LogP contribution in [0.5, 0.6) is 5.75 Å². The highest BCUT2D eigenvalue weighted by Gasteiger charge is 2.51. The molecule has 103 heavy (non-hydrogen) atoms. The lowest BCUT2D eigenvalue weighted by Crippen LogP contribution is -2.51. The molecule has 11 rings (SSSR count). The van der Waals surface area contributed by atoms with Crippen molar-refractivity contribution in [2.45, 2.75) is 168 Å². The number of rotatable bonds is 27. The van der Waals surface area contributed by atoms with Crippen molar-refractivity contribution in [2.75, 3.05) is 71.3 Å². The lowest BCUT2D eigenvalue weighted by molar-refractivity contribution is -0.127. The standard InChI is InChI=1S/C24H30F3N3O5S2.C23H32F3N3O4S.C19H29F3N4O4S2/c1-35-19-4-6-20(7-5-19)37(33,34)29-8-9-36(31,32)30-17-2-3-18(30)11-16(10-17)24(28)13-15-12-22(26)23(27)14-21(15)25;24-19-13-21(26)20(25)11-15(19)12-22(27)16-9-17-1-2-18(10-16)29(17)34(31,32)8-5-28-23(30)14-3-6-33-7-4-14;1-25(2)32(29,30)24-5-6-31(27,28)26-14-3-4-15(26)8-13(7-14)19(23)10-12-9-17(21)18(22)11-16(12)20/h4-7,12,14,16-18,24,29H,2-3,8-11,13,28H2,1H3;11,13-14,16-18,22H,1-10,12,27H2,(H,28,30);9,11,13-15,19,24H,3-8,10,23H2,1-2H3/t16?,17-,18+,24-;16?,17-,18+,22-;13?,14-,15+,19-/m111/s1. The molecule has 7 heterocycles. The summed E-state index contributed by atoms with van der Waals surface area (Å²) >= 11 is 0. The van der Waals surface area contributed by atoms with E-state index in [0.29, 0.717) is 114 Å². The fraction of sp³-hybridized carbons (Fsp3) is 0.621. The topological polar surface area (TPSA) is 333 Å². The monoisotopic (exact) mass is 1560 g/mol. The summed E-state index contributed by atoms with van der Waals surface area (Å²) in [7, 11) is -14.5. The summed E-state index contributed by atoms with van der Waals surface area (Å²) in [6, 6.07) is 6.63. The van der Waals surface area contributed by atoms with Crippen LogP contribution in [0, 0.1) is 76.0 Å². The van der Waals surface area contributed by atoms with E-state index in [2.05, 4.69) is 14.8 Å². The summed E-state index contributed by atoms with van der Waals surface area (Å²) in [6.07, 6.45) is 8.38. The number of sulfonamides is 4. The zero-order valence-electron chi connectivity index (χ0n) is 57.2. The molecule has 0 radical (unpaired) electrons. The number of methoxy groups -OCH3 is 1. The first kappa shape index (κ1) is 81.9. The van der Waals surface area contributed by atoms with E-state index >= 15 is 0 Å². The van der Waals surface area contributed by atoms with E-state index in [9.17, 15) is 86.4 Å². The average Bonchev–Trinajstić information content (AvgIpc) is 1.65. The molecule has 7 fully saturated rings. The number of hydrogen-bond donors (Lipinski definition) is 6. The second-order valence-corrected chi connectivity index (χ2v) is 37.6. The summed E-state index contributed by atoms with van der Waals surface area (Å²) in [4.78, 5) is 12.3. The highest BCUT2D eigenvalue weighted by Crippen LogP contribution is 2.45. The molecular formula is C66H91F9N10O13S5. The van der Waals surface area contributed by atoms with Gasteiger partial charge in [0, 0.05) is 125 Å². The quantitative estimate of drug-likeness (QED) is 0.0314. The average molecular weight is 1560 g/mol. The smallest absolute Gasteiger partial charge is 0.278 e. The van der Waals surface area contributed by atoms with Gasteiger partial charge in [0.25, 0.3) is 10.2 Å². The number of benzene rings is 4. The van der Waals surface area contributed by atoms with E-state index < -0.39 is 127 Å². The van der Waals surface area contributed by atoms with Gasteiger partial charge < -0.3 is 32.0 Å². The summed E-state index contributed by atoms with van der Waals surface area (Å²) in [6.45, 7) is 0.619. The highest BCUT2D eigenvalue weighted by molar-refractivity contribution is 7.90. The Morgan fingerprint density at radius 1 is 0.476 bits per heavy atom. The maximum absolute atomic E-state index is 14.1. The zero-order valence-corrected chi connectivity index (χ0v) is 61.3. The first-order valence-corrected chi connectivity index (χ1v) is 42.0. The van der Waals surface area contributed by atoms with Crippen LogP contribution in [-0.2, 0) is 79.1 Å². The van der Waals surface area contributed by atoms with Gasteiger partial charge >= 0.3 is 0 Å². The van der Waals surface area contributed by atoms with Crippen LogP contribution >= 0.6 is 0 Å². The normalized spacial score (nSPS) is 25.1. The van der Waals surface area contributed by atoms with Crippen molar-refractivity contribution in [1.82, 2.24) is 32.0 Å². The SMILES string of the molecule is CN(C)S(=O)(=O)NCCS(=O)(=O)N1[C@@H]2CC[C@H]1CC([C@H](N)Cc1cc(F)c(F)cc1F)C2.COc1ccc(S(=O)(=O)NCCS(=O)(=O)N2[C@@H]3CC[C@H]2CC([C@H](N)Cc2cc(F)c(F)cc2F)C3)cc1.N[C@H](Cc1cc(F)c(F)cc1F)C1C[C@H]2CC[C@@H](C1)N2S(=O)(=O)CCNC(=O)C1CCOCC1. The van der Waals surface area contributed by atoms with Gasteiger partial charge in [-0.3, -0.25) is 4.79 Å². The van der Waals surface area contributed by atoms with Gasteiger partial charge in [0.1, 0.15) is 23.2 Å². The first-order valence-electron chi connectivity index (χ1n) is 34.2. The molecule has 3 unspecified atom stereocenters. The molecule has 7 aliphatic rings. The lowest BCUT2D eigenvalue weighted by Gasteiger charge is -2.40. The second-order valence-electron chi connectivity index (χ2n) is 27.9. The van der Waals surface area contributed by atoms with Gasteiger partial charge in [-0.05, 0) is 186 Å². The number of nitrogens with two attached hydrogens (primary N) is 3. The molecule has 9 N–H and O–H groups in total. The maximum atomic E-state index is 14.1. The number of nitrogens with zero attached hydrogens (tertiary/aromatic N) is 4. The molecule has 4 aromatic carbocycles.